The third kappa shape index (κ3) is 4.51. The Morgan fingerprint density at radius 3 is 2.80 bits per heavy atom. The first-order valence-electron chi connectivity index (χ1n) is 6.87. The second-order valence-corrected chi connectivity index (χ2v) is 5.38. The van der Waals surface area contributed by atoms with Crippen molar-refractivity contribution in [3.63, 3.8) is 0 Å². The van der Waals surface area contributed by atoms with Crippen molar-refractivity contribution in [2.24, 2.45) is 5.92 Å². The summed E-state index contributed by atoms with van der Waals surface area (Å²) >= 11 is 0. The summed E-state index contributed by atoms with van der Waals surface area (Å²) in [6, 6.07) is 4.00. The summed E-state index contributed by atoms with van der Waals surface area (Å²) < 4.78 is 5.52. The molecule has 20 heavy (non-hydrogen) atoms. The lowest BCUT2D eigenvalue weighted by molar-refractivity contribution is 0.0859. The van der Waals surface area contributed by atoms with Crippen molar-refractivity contribution in [1.29, 1.82) is 0 Å². The molecule has 0 aliphatic heterocycles. The maximum Gasteiger partial charge on any atom is 0.180 e. The van der Waals surface area contributed by atoms with E-state index in [0.717, 1.165) is 12.5 Å². The Balaban J connectivity index is 1.74. The number of hydrogen-bond donors (Lipinski definition) is 2. The minimum Gasteiger partial charge on any atom is -0.508 e. The summed E-state index contributed by atoms with van der Waals surface area (Å²) in [5.41, 5.74) is 0.230. The number of hydrogen-bond acceptors (Lipinski definition) is 5. The van der Waals surface area contributed by atoms with Gasteiger partial charge < -0.3 is 14.9 Å². The molecule has 0 radical (unpaired) electrons. The van der Waals surface area contributed by atoms with Crippen LogP contribution in [0.15, 0.2) is 18.2 Å². The van der Waals surface area contributed by atoms with Crippen LogP contribution < -0.4 is 0 Å². The predicted octanol–water partition coefficient (Wildman–Crippen LogP) is 1.64. The number of rotatable bonds is 8. The molecule has 0 atom stereocenters. The molecule has 1 aromatic carbocycles. The van der Waals surface area contributed by atoms with Gasteiger partial charge in [-0.2, -0.15) is 0 Å². The first-order chi connectivity index (χ1) is 9.56. The van der Waals surface area contributed by atoms with Crippen molar-refractivity contribution in [3.8, 4) is 11.5 Å². The van der Waals surface area contributed by atoms with Crippen LogP contribution >= 0.6 is 0 Å². The number of carbonyl (C=O) groups is 1. The van der Waals surface area contributed by atoms with Crippen LogP contribution in [0.3, 0.4) is 0 Å². The topological polar surface area (TPSA) is 70.0 Å². The molecule has 1 aliphatic carbocycles. The molecule has 0 amide bonds. The molecule has 0 unspecified atom stereocenters. The standard InChI is InChI=1S/C15H21NO4/c1-16(6-7-20-10-11-2-3-11)9-15(19)13-5-4-12(17)8-14(13)18/h4-5,8,11,17-18H,2-3,6-7,9-10H2,1H3. The SMILES string of the molecule is CN(CCOCC1CC1)CC(=O)c1ccc(O)cc1O. The van der Waals surface area contributed by atoms with Crippen molar-refractivity contribution in [2.75, 3.05) is 33.4 Å². The van der Waals surface area contributed by atoms with Crippen LogP contribution in [0, 0.1) is 5.92 Å². The summed E-state index contributed by atoms with van der Waals surface area (Å²) in [5.74, 6) is 0.331. The van der Waals surface area contributed by atoms with Gasteiger partial charge in [0.1, 0.15) is 11.5 Å². The van der Waals surface area contributed by atoms with E-state index in [9.17, 15) is 15.0 Å². The maximum atomic E-state index is 12.0. The van der Waals surface area contributed by atoms with Crippen molar-refractivity contribution in [2.45, 2.75) is 12.8 Å². The van der Waals surface area contributed by atoms with Gasteiger partial charge >= 0.3 is 0 Å². The molecule has 1 aliphatic rings. The van der Waals surface area contributed by atoms with E-state index in [1.54, 1.807) is 0 Å². The van der Waals surface area contributed by atoms with E-state index in [-0.39, 0.29) is 29.4 Å². The molecule has 5 nitrogen and oxygen atoms in total. The van der Waals surface area contributed by atoms with Gasteiger partial charge in [0.25, 0.3) is 0 Å². The van der Waals surface area contributed by atoms with Crippen LogP contribution in [0.4, 0.5) is 0 Å². The Bertz CT molecular complexity index is 471. The first-order valence-corrected chi connectivity index (χ1v) is 6.87. The third-order valence-corrected chi connectivity index (χ3v) is 3.36. The third-order valence-electron chi connectivity index (χ3n) is 3.36. The van der Waals surface area contributed by atoms with E-state index in [1.165, 1.54) is 31.0 Å². The van der Waals surface area contributed by atoms with Gasteiger partial charge in [-0.25, -0.2) is 0 Å². The average Bonchev–Trinajstić information content (AvgIpc) is 3.18. The van der Waals surface area contributed by atoms with Crippen molar-refractivity contribution < 1.29 is 19.7 Å². The Kier molecular flexibility index (Phi) is 4.98. The minimum absolute atomic E-state index is 0.0547. The fraction of sp³-hybridized carbons (Fsp3) is 0.533. The van der Waals surface area contributed by atoms with Crippen LogP contribution in [-0.4, -0.2) is 54.2 Å². The highest BCUT2D eigenvalue weighted by atomic mass is 16.5. The van der Waals surface area contributed by atoms with Crippen LogP contribution in [0.1, 0.15) is 23.2 Å². The molecule has 110 valence electrons. The van der Waals surface area contributed by atoms with E-state index >= 15 is 0 Å². The smallest absolute Gasteiger partial charge is 0.180 e. The van der Waals surface area contributed by atoms with Crippen molar-refractivity contribution in [1.82, 2.24) is 4.90 Å². The molecular formula is C15H21NO4. The first kappa shape index (κ1) is 14.8. The highest BCUT2D eigenvalue weighted by Crippen LogP contribution is 2.28. The second-order valence-electron chi connectivity index (χ2n) is 5.38. The maximum absolute atomic E-state index is 12.0. The van der Waals surface area contributed by atoms with Gasteiger partial charge in [-0.15, -0.1) is 0 Å². The Hall–Kier alpha value is -1.59. The van der Waals surface area contributed by atoms with Crippen LogP contribution in [0.2, 0.25) is 0 Å². The number of ketones is 1. The van der Waals surface area contributed by atoms with Gasteiger partial charge in [-0.05, 0) is 37.9 Å². The summed E-state index contributed by atoms with van der Waals surface area (Å²) in [6.07, 6.45) is 2.54. The van der Waals surface area contributed by atoms with Gasteiger partial charge in [-0.1, -0.05) is 0 Å². The highest BCUT2D eigenvalue weighted by Gasteiger charge is 2.21. The minimum atomic E-state index is -0.187. The number of nitrogens with zero attached hydrogens (tertiary/aromatic N) is 1. The summed E-state index contributed by atoms with van der Waals surface area (Å²) in [7, 11) is 1.84. The molecular weight excluding hydrogens is 258 g/mol. The number of carbonyl (C=O) groups excluding carboxylic acids is 1. The number of likely N-dealkylation sites (N-methyl/N-ethyl adjacent to an activating group) is 1. The summed E-state index contributed by atoms with van der Waals surface area (Å²) in [6.45, 7) is 2.32. The van der Waals surface area contributed by atoms with E-state index in [2.05, 4.69) is 0 Å². The van der Waals surface area contributed by atoms with Gasteiger partial charge in [0.2, 0.25) is 0 Å². The van der Waals surface area contributed by atoms with E-state index in [0.29, 0.717) is 13.2 Å². The van der Waals surface area contributed by atoms with Crippen LogP contribution in [0.5, 0.6) is 11.5 Å². The normalized spacial score (nSPS) is 14.7. The lowest BCUT2D eigenvalue weighted by Crippen LogP contribution is -2.29. The average molecular weight is 279 g/mol. The van der Waals surface area contributed by atoms with Crippen LogP contribution in [-0.2, 0) is 4.74 Å². The molecule has 5 heteroatoms. The van der Waals surface area contributed by atoms with E-state index in [4.69, 9.17) is 4.74 Å². The molecule has 2 rings (SSSR count). The largest absolute Gasteiger partial charge is 0.508 e. The zero-order valence-corrected chi connectivity index (χ0v) is 11.7. The van der Waals surface area contributed by atoms with Crippen molar-refractivity contribution >= 4 is 5.78 Å². The predicted molar refractivity (Wildman–Crippen MR) is 75.1 cm³/mol. The van der Waals surface area contributed by atoms with Gasteiger partial charge in [0, 0.05) is 19.2 Å². The molecule has 2 N–H and O–H groups in total. The van der Waals surface area contributed by atoms with Crippen molar-refractivity contribution in [3.05, 3.63) is 23.8 Å². The zero-order chi connectivity index (χ0) is 14.5. The van der Waals surface area contributed by atoms with Gasteiger partial charge in [-0.3, -0.25) is 9.69 Å². The number of aromatic hydroxyl groups is 2. The lowest BCUT2D eigenvalue weighted by Gasteiger charge is -2.16. The quantitative estimate of drug-likeness (QED) is 0.559. The molecule has 0 heterocycles. The van der Waals surface area contributed by atoms with Crippen LogP contribution in [0.25, 0.3) is 0 Å². The summed E-state index contributed by atoms with van der Waals surface area (Å²) in [5, 5.41) is 18.8. The number of phenols is 2. The summed E-state index contributed by atoms with van der Waals surface area (Å²) in [4.78, 5) is 13.9. The van der Waals surface area contributed by atoms with E-state index in [1.807, 2.05) is 11.9 Å². The Morgan fingerprint density at radius 1 is 1.40 bits per heavy atom. The Morgan fingerprint density at radius 2 is 2.15 bits per heavy atom. The van der Waals surface area contributed by atoms with E-state index < -0.39 is 0 Å². The molecule has 1 saturated carbocycles. The fourth-order valence-corrected chi connectivity index (χ4v) is 1.92. The number of ether oxygens (including phenoxy) is 1. The Labute approximate surface area is 118 Å². The lowest BCUT2D eigenvalue weighted by atomic mass is 10.1. The molecule has 0 bridgehead atoms. The van der Waals surface area contributed by atoms with Gasteiger partial charge in [0.05, 0.1) is 18.7 Å². The molecule has 1 fully saturated rings. The fourth-order valence-electron chi connectivity index (χ4n) is 1.92. The van der Waals surface area contributed by atoms with Gasteiger partial charge in [0.15, 0.2) is 5.78 Å². The monoisotopic (exact) mass is 279 g/mol. The second kappa shape index (κ2) is 6.72. The molecule has 0 aromatic heterocycles. The highest BCUT2D eigenvalue weighted by molar-refractivity contribution is 6.00. The number of Topliss-reactive ketones (excluding diaryl/α,β-unsaturated/α-hetero) is 1. The molecule has 0 saturated heterocycles. The zero-order valence-electron chi connectivity index (χ0n) is 11.7. The molecule has 0 spiro atoms. The number of phenolic OH excluding ortho intramolecular Hbond substituents is 2. The number of benzene rings is 1. The molecule has 1 aromatic rings.